The summed E-state index contributed by atoms with van der Waals surface area (Å²) >= 11 is 4.98. The number of rotatable bonds is 7. The number of thiocarbonyl (C=S) groups is 1. The van der Waals surface area contributed by atoms with Gasteiger partial charge in [0.1, 0.15) is 5.75 Å². The molecule has 10 heteroatoms. The van der Waals surface area contributed by atoms with Crippen molar-refractivity contribution in [2.75, 3.05) is 6.61 Å². The summed E-state index contributed by atoms with van der Waals surface area (Å²) in [5.74, 6) is 0.0993. The van der Waals surface area contributed by atoms with E-state index in [-0.39, 0.29) is 16.4 Å². The molecule has 0 unspecified atom stereocenters. The number of hydrogen-bond acceptors (Lipinski definition) is 6. The molecule has 30 heavy (non-hydrogen) atoms. The topological polar surface area (TPSA) is 123 Å². The average Bonchev–Trinajstić information content (AvgIpc) is 2.72. The molecule has 0 atom stereocenters. The Morgan fingerprint density at radius 2 is 1.77 bits per heavy atom. The molecule has 0 heterocycles. The lowest BCUT2D eigenvalue weighted by molar-refractivity contribution is -0.384. The number of carbonyl (C=O) groups excluding carboxylic acids is 2. The predicted octanol–water partition coefficient (Wildman–Crippen LogP) is 2.97. The lowest BCUT2D eigenvalue weighted by Gasteiger charge is -2.11. The molecule has 2 aromatic rings. The van der Waals surface area contributed by atoms with Crippen LogP contribution in [0.3, 0.4) is 0 Å². The summed E-state index contributed by atoms with van der Waals surface area (Å²) < 4.78 is 5.60. The van der Waals surface area contributed by atoms with Crippen molar-refractivity contribution < 1.29 is 19.2 Å². The second-order valence-electron chi connectivity index (χ2n) is 6.73. The first-order chi connectivity index (χ1) is 14.3. The zero-order chi connectivity index (χ0) is 22.1. The summed E-state index contributed by atoms with van der Waals surface area (Å²) in [6, 6.07) is 11.8. The van der Waals surface area contributed by atoms with Crippen LogP contribution in [0, 0.1) is 16.0 Å². The standard InChI is InChI=1S/C20H22N4O5S/c1-13(2)10-11-29-17-8-6-14(7-9-17)18(25)21-20(30)23-22-19(26)15-4-3-5-16(12-15)24(27)28/h3-9,12-13H,10-11H2,1-2H3,(H,22,26)(H2,21,23,25,30). The monoisotopic (exact) mass is 430 g/mol. The molecule has 2 aromatic carbocycles. The van der Waals surface area contributed by atoms with Gasteiger partial charge in [0, 0.05) is 23.3 Å². The van der Waals surface area contributed by atoms with Crippen molar-refractivity contribution >= 4 is 34.8 Å². The molecular weight excluding hydrogens is 408 g/mol. The second-order valence-corrected chi connectivity index (χ2v) is 7.13. The quantitative estimate of drug-likeness (QED) is 0.351. The average molecular weight is 430 g/mol. The van der Waals surface area contributed by atoms with Gasteiger partial charge in [-0.15, -0.1) is 0 Å². The summed E-state index contributed by atoms with van der Waals surface area (Å²) in [5, 5.41) is 13.1. The van der Waals surface area contributed by atoms with Gasteiger partial charge in [-0.3, -0.25) is 35.9 Å². The van der Waals surface area contributed by atoms with Crippen molar-refractivity contribution in [1.29, 1.82) is 0 Å². The molecule has 0 fully saturated rings. The minimum Gasteiger partial charge on any atom is -0.494 e. The van der Waals surface area contributed by atoms with E-state index < -0.39 is 16.7 Å². The summed E-state index contributed by atoms with van der Waals surface area (Å²) in [7, 11) is 0. The van der Waals surface area contributed by atoms with Crippen LogP contribution >= 0.6 is 12.2 Å². The second kappa shape index (κ2) is 10.9. The summed E-state index contributed by atoms with van der Waals surface area (Å²) in [6.45, 7) is 4.82. The Bertz CT molecular complexity index is 931. The number of hydrazine groups is 1. The van der Waals surface area contributed by atoms with Crippen LogP contribution in [0.2, 0.25) is 0 Å². The van der Waals surface area contributed by atoms with Crippen LogP contribution in [0.25, 0.3) is 0 Å². The number of hydrogen-bond donors (Lipinski definition) is 3. The fourth-order valence-corrected chi connectivity index (χ4v) is 2.41. The molecule has 158 valence electrons. The molecule has 2 amide bonds. The van der Waals surface area contributed by atoms with E-state index in [4.69, 9.17) is 17.0 Å². The Balaban J connectivity index is 1.83. The third kappa shape index (κ3) is 7.13. The smallest absolute Gasteiger partial charge is 0.270 e. The maximum absolute atomic E-state index is 12.2. The number of nitro benzene ring substituents is 1. The third-order valence-electron chi connectivity index (χ3n) is 3.92. The van der Waals surface area contributed by atoms with Gasteiger partial charge < -0.3 is 4.74 Å². The molecule has 0 aliphatic heterocycles. The van der Waals surface area contributed by atoms with E-state index in [1.54, 1.807) is 24.3 Å². The molecule has 0 aliphatic rings. The van der Waals surface area contributed by atoms with E-state index in [1.807, 2.05) is 0 Å². The summed E-state index contributed by atoms with van der Waals surface area (Å²) in [4.78, 5) is 34.5. The molecule has 0 aromatic heterocycles. The molecule has 0 spiro atoms. The summed E-state index contributed by atoms with van der Waals surface area (Å²) in [5.41, 5.74) is 4.88. The van der Waals surface area contributed by atoms with E-state index in [1.165, 1.54) is 18.2 Å². The number of benzene rings is 2. The first kappa shape index (κ1) is 22.8. The Hall–Kier alpha value is -3.53. The number of nitrogens with zero attached hydrogens (tertiary/aromatic N) is 1. The van der Waals surface area contributed by atoms with Crippen LogP contribution in [-0.4, -0.2) is 28.5 Å². The van der Waals surface area contributed by atoms with Crippen LogP contribution in [0.1, 0.15) is 41.0 Å². The van der Waals surface area contributed by atoms with Gasteiger partial charge in [0.25, 0.3) is 17.5 Å². The molecule has 2 rings (SSSR count). The zero-order valence-electron chi connectivity index (χ0n) is 16.5. The Morgan fingerprint density at radius 1 is 1.07 bits per heavy atom. The molecule has 0 saturated carbocycles. The number of carbonyl (C=O) groups is 2. The number of amides is 2. The fourth-order valence-electron chi connectivity index (χ4n) is 2.27. The normalized spacial score (nSPS) is 10.2. The van der Waals surface area contributed by atoms with E-state index in [9.17, 15) is 19.7 Å². The number of non-ortho nitro benzene ring substituents is 1. The highest BCUT2D eigenvalue weighted by Gasteiger charge is 2.13. The van der Waals surface area contributed by atoms with Gasteiger partial charge in [-0.2, -0.15) is 0 Å². The molecule has 0 aliphatic carbocycles. The molecule has 9 nitrogen and oxygen atoms in total. The Labute approximate surface area is 178 Å². The Kier molecular flexibility index (Phi) is 8.24. The van der Waals surface area contributed by atoms with E-state index in [0.717, 1.165) is 12.5 Å². The summed E-state index contributed by atoms with van der Waals surface area (Å²) in [6.07, 6.45) is 0.935. The molecule has 0 radical (unpaired) electrons. The van der Waals surface area contributed by atoms with E-state index >= 15 is 0 Å². The Morgan fingerprint density at radius 3 is 2.40 bits per heavy atom. The third-order valence-corrected chi connectivity index (χ3v) is 4.12. The van der Waals surface area contributed by atoms with Crippen molar-refractivity contribution in [2.45, 2.75) is 20.3 Å². The van der Waals surface area contributed by atoms with Crippen LogP contribution in [0.15, 0.2) is 48.5 Å². The fraction of sp³-hybridized carbons (Fsp3) is 0.250. The minimum absolute atomic E-state index is 0.0684. The zero-order valence-corrected chi connectivity index (χ0v) is 17.3. The van der Waals surface area contributed by atoms with Crippen LogP contribution in [0.4, 0.5) is 5.69 Å². The number of ether oxygens (including phenoxy) is 1. The van der Waals surface area contributed by atoms with Gasteiger partial charge in [0.15, 0.2) is 5.11 Å². The number of nitro groups is 1. The molecule has 0 saturated heterocycles. The van der Waals surface area contributed by atoms with Crippen molar-refractivity contribution in [3.8, 4) is 5.75 Å². The van der Waals surface area contributed by atoms with Crippen LogP contribution in [0.5, 0.6) is 5.75 Å². The van der Waals surface area contributed by atoms with Gasteiger partial charge in [-0.25, -0.2) is 0 Å². The van der Waals surface area contributed by atoms with E-state index in [0.29, 0.717) is 23.8 Å². The highest BCUT2D eigenvalue weighted by Crippen LogP contribution is 2.14. The van der Waals surface area contributed by atoms with Crippen molar-refractivity contribution in [1.82, 2.24) is 16.2 Å². The highest BCUT2D eigenvalue weighted by molar-refractivity contribution is 7.80. The van der Waals surface area contributed by atoms with Crippen LogP contribution < -0.4 is 20.9 Å². The SMILES string of the molecule is CC(C)CCOc1ccc(C(=O)NC(=S)NNC(=O)c2cccc([N+](=O)[O-])c2)cc1. The van der Waals surface area contributed by atoms with Gasteiger partial charge in [0.2, 0.25) is 0 Å². The lowest BCUT2D eigenvalue weighted by Crippen LogP contribution is -2.48. The van der Waals surface area contributed by atoms with Crippen molar-refractivity contribution in [3.63, 3.8) is 0 Å². The lowest BCUT2D eigenvalue weighted by atomic mass is 10.1. The molecular formula is C20H22N4O5S. The van der Waals surface area contributed by atoms with Gasteiger partial charge >= 0.3 is 0 Å². The maximum atomic E-state index is 12.2. The maximum Gasteiger partial charge on any atom is 0.270 e. The van der Waals surface area contributed by atoms with Crippen molar-refractivity contribution in [3.05, 3.63) is 69.8 Å². The van der Waals surface area contributed by atoms with E-state index in [2.05, 4.69) is 30.0 Å². The number of nitrogens with one attached hydrogen (secondary N) is 3. The molecule has 0 bridgehead atoms. The van der Waals surface area contributed by atoms with Gasteiger partial charge in [-0.1, -0.05) is 19.9 Å². The molecule has 3 N–H and O–H groups in total. The largest absolute Gasteiger partial charge is 0.494 e. The van der Waals surface area contributed by atoms with Crippen LogP contribution in [-0.2, 0) is 0 Å². The van der Waals surface area contributed by atoms with Crippen molar-refractivity contribution in [2.24, 2.45) is 5.92 Å². The first-order valence-corrected chi connectivity index (χ1v) is 9.56. The predicted molar refractivity (Wildman–Crippen MR) is 115 cm³/mol. The van der Waals surface area contributed by atoms with Gasteiger partial charge in [0.05, 0.1) is 11.5 Å². The highest BCUT2D eigenvalue weighted by atomic mass is 32.1. The van der Waals surface area contributed by atoms with Gasteiger partial charge in [-0.05, 0) is 54.9 Å². The minimum atomic E-state index is -0.641. The first-order valence-electron chi connectivity index (χ1n) is 9.15.